The highest BCUT2D eigenvalue weighted by Crippen LogP contribution is 2.13. The molecule has 24 heavy (non-hydrogen) atoms. The molecule has 130 valence electrons. The fourth-order valence-electron chi connectivity index (χ4n) is 2.36. The van der Waals surface area contributed by atoms with Gasteiger partial charge in [-0.15, -0.1) is 11.3 Å². The topological polar surface area (TPSA) is 39.7 Å². The van der Waals surface area contributed by atoms with Crippen LogP contribution in [-0.2, 0) is 13.0 Å². The van der Waals surface area contributed by atoms with Crippen molar-refractivity contribution in [3.05, 3.63) is 52.2 Å². The van der Waals surface area contributed by atoms with E-state index in [2.05, 4.69) is 83.3 Å². The second kappa shape index (κ2) is 9.98. The molecule has 0 aliphatic heterocycles. The molecule has 5 heteroatoms. The molecular formula is C19H28N4S. The van der Waals surface area contributed by atoms with Crippen molar-refractivity contribution < 1.29 is 0 Å². The zero-order valence-corrected chi connectivity index (χ0v) is 15.7. The van der Waals surface area contributed by atoms with Gasteiger partial charge in [-0.25, -0.2) is 4.99 Å². The van der Waals surface area contributed by atoms with Gasteiger partial charge in [-0.3, -0.25) is 0 Å². The van der Waals surface area contributed by atoms with Crippen LogP contribution in [0.15, 0.2) is 46.8 Å². The van der Waals surface area contributed by atoms with E-state index in [0.29, 0.717) is 0 Å². The van der Waals surface area contributed by atoms with E-state index in [9.17, 15) is 0 Å². The standard InChI is InChI=1S/C19H28N4S/c1-4-20-19(22-15-18-8-6-14-24-18)21-13-5-7-16-9-11-17(12-10-16)23(2)3/h6,8-12,14H,4-5,7,13,15H2,1-3H3,(H2,20,21,22). The molecule has 0 unspecified atom stereocenters. The van der Waals surface area contributed by atoms with Crippen molar-refractivity contribution in [2.24, 2.45) is 4.99 Å². The summed E-state index contributed by atoms with van der Waals surface area (Å²) >= 11 is 1.75. The van der Waals surface area contributed by atoms with Crippen LogP contribution in [0.1, 0.15) is 23.8 Å². The van der Waals surface area contributed by atoms with Gasteiger partial charge in [0.05, 0.1) is 6.54 Å². The minimum Gasteiger partial charge on any atom is -0.378 e. The molecule has 2 aromatic rings. The lowest BCUT2D eigenvalue weighted by Gasteiger charge is -2.13. The number of aryl methyl sites for hydroxylation is 1. The van der Waals surface area contributed by atoms with Crippen LogP contribution >= 0.6 is 11.3 Å². The summed E-state index contributed by atoms with van der Waals surface area (Å²) in [6.45, 7) is 4.63. The molecule has 0 aliphatic rings. The average Bonchev–Trinajstić information content (AvgIpc) is 3.10. The SMILES string of the molecule is CCNC(=NCc1cccs1)NCCCc1ccc(N(C)C)cc1. The van der Waals surface area contributed by atoms with E-state index in [1.807, 2.05) is 0 Å². The molecule has 0 fully saturated rings. The molecule has 0 radical (unpaired) electrons. The molecule has 0 aliphatic carbocycles. The highest BCUT2D eigenvalue weighted by atomic mass is 32.1. The second-order valence-electron chi connectivity index (χ2n) is 5.87. The van der Waals surface area contributed by atoms with Crippen molar-refractivity contribution >= 4 is 23.0 Å². The van der Waals surface area contributed by atoms with Crippen molar-refractivity contribution in [1.29, 1.82) is 0 Å². The number of anilines is 1. The van der Waals surface area contributed by atoms with Gasteiger partial charge in [0, 0.05) is 37.7 Å². The Labute approximate surface area is 149 Å². The zero-order valence-electron chi connectivity index (χ0n) is 14.9. The van der Waals surface area contributed by atoms with Gasteiger partial charge in [-0.05, 0) is 48.9 Å². The Morgan fingerprint density at radius 2 is 1.92 bits per heavy atom. The first-order valence-electron chi connectivity index (χ1n) is 8.50. The van der Waals surface area contributed by atoms with E-state index in [0.717, 1.165) is 38.4 Å². The Kier molecular flexibility index (Phi) is 7.62. The molecule has 1 aromatic heterocycles. The van der Waals surface area contributed by atoms with Gasteiger partial charge in [-0.2, -0.15) is 0 Å². The Balaban J connectivity index is 1.74. The Bertz CT molecular complexity index is 603. The van der Waals surface area contributed by atoms with Crippen molar-refractivity contribution in [2.45, 2.75) is 26.3 Å². The first-order valence-corrected chi connectivity index (χ1v) is 9.38. The maximum Gasteiger partial charge on any atom is 0.191 e. The summed E-state index contributed by atoms with van der Waals surface area (Å²) in [5.74, 6) is 0.897. The Morgan fingerprint density at radius 1 is 1.12 bits per heavy atom. The predicted octanol–water partition coefficient (Wildman–Crippen LogP) is 3.50. The van der Waals surface area contributed by atoms with Crippen molar-refractivity contribution in [3.8, 4) is 0 Å². The van der Waals surface area contributed by atoms with Crippen molar-refractivity contribution in [2.75, 3.05) is 32.1 Å². The van der Waals surface area contributed by atoms with Crippen molar-refractivity contribution in [1.82, 2.24) is 10.6 Å². The van der Waals surface area contributed by atoms with Gasteiger partial charge in [0.2, 0.25) is 0 Å². The lowest BCUT2D eigenvalue weighted by atomic mass is 10.1. The molecule has 0 amide bonds. The van der Waals surface area contributed by atoms with Crippen LogP contribution in [0.4, 0.5) is 5.69 Å². The third-order valence-corrected chi connectivity index (χ3v) is 4.57. The number of guanidine groups is 1. The first kappa shape index (κ1) is 18.3. The summed E-state index contributed by atoms with van der Waals surface area (Å²) in [6.07, 6.45) is 2.16. The van der Waals surface area contributed by atoms with Crippen molar-refractivity contribution in [3.63, 3.8) is 0 Å². The van der Waals surface area contributed by atoms with E-state index in [-0.39, 0.29) is 0 Å². The van der Waals surface area contributed by atoms with Crippen LogP contribution in [0, 0.1) is 0 Å². The number of thiophene rings is 1. The van der Waals surface area contributed by atoms with E-state index >= 15 is 0 Å². The normalized spacial score (nSPS) is 11.4. The van der Waals surface area contributed by atoms with Crippen LogP contribution in [-0.4, -0.2) is 33.1 Å². The average molecular weight is 345 g/mol. The van der Waals surface area contributed by atoms with Crippen LogP contribution < -0.4 is 15.5 Å². The van der Waals surface area contributed by atoms with E-state index < -0.39 is 0 Å². The highest BCUT2D eigenvalue weighted by Gasteiger charge is 2.00. The van der Waals surface area contributed by atoms with Gasteiger partial charge < -0.3 is 15.5 Å². The van der Waals surface area contributed by atoms with Crippen LogP contribution in [0.2, 0.25) is 0 Å². The summed E-state index contributed by atoms with van der Waals surface area (Å²) in [5, 5.41) is 8.81. The fraction of sp³-hybridized carbons (Fsp3) is 0.421. The van der Waals surface area contributed by atoms with Gasteiger partial charge in [0.15, 0.2) is 5.96 Å². The molecule has 0 saturated carbocycles. The number of hydrogen-bond acceptors (Lipinski definition) is 3. The summed E-state index contributed by atoms with van der Waals surface area (Å²) < 4.78 is 0. The molecule has 0 atom stereocenters. The third kappa shape index (κ3) is 6.24. The number of benzene rings is 1. The number of nitrogens with one attached hydrogen (secondary N) is 2. The van der Waals surface area contributed by atoms with Crippen LogP contribution in [0.3, 0.4) is 0 Å². The number of hydrogen-bond donors (Lipinski definition) is 2. The highest BCUT2D eigenvalue weighted by molar-refractivity contribution is 7.09. The van der Waals surface area contributed by atoms with E-state index in [1.165, 1.54) is 16.1 Å². The molecule has 2 rings (SSSR count). The van der Waals surface area contributed by atoms with Gasteiger partial charge in [0.1, 0.15) is 0 Å². The molecule has 1 aromatic carbocycles. The molecule has 1 heterocycles. The monoisotopic (exact) mass is 344 g/mol. The smallest absolute Gasteiger partial charge is 0.191 e. The van der Waals surface area contributed by atoms with Gasteiger partial charge in [0.25, 0.3) is 0 Å². The Hall–Kier alpha value is -2.01. The number of nitrogens with zero attached hydrogens (tertiary/aromatic N) is 2. The largest absolute Gasteiger partial charge is 0.378 e. The number of aliphatic imine (C=N–C) groups is 1. The first-order chi connectivity index (χ1) is 11.7. The van der Waals surface area contributed by atoms with Gasteiger partial charge >= 0.3 is 0 Å². The van der Waals surface area contributed by atoms with Gasteiger partial charge in [-0.1, -0.05) is 18.2 Å². The summed E-state index contributed by atoms with van der Waals surface area (Å²) in [7, 11) is 4.13. The molecule has 0 saturated heterocycles. The van der Waals surface area contributed by atoms with Crippen LogP contribution in [0.25, 0.3) is 0 Å². The quantitative estimate of drug-likeness (QED) is 0.437. The van der Waals surface area contributed by atoms with E-state index in [4.69, 9.17) is 0 Å². The minimum atomic E-state index is 0.735. The molecule has 4 nitrogen and oxygen atoms in total. The predicted molar refractivity (Wildman–Crippen MR) is 106 cm³/mol. The summed E-state index contributed by atoms with van der Waals surface area (Å²) in [4.78, 5) is 8.04. The molecule has 0 bridgehead atoms. The number of rotatable bonds is 8. The lowest BCUT2D eigenvalue weighted by Crippen LogP contribution is -2.37. The summed E-state index contributed by atoms with van der Waals surface area (Å²) in [6, 6.07) is 13.0. The third-order valence-electron chi connectivity index (χ3n) is 3.70. The maximum atomic E-state index is 4.63. The minimum absolute atomic E-state index is 0.735. The second-order valence-corrected chi connectivity index (χ2v) is 6.90. The zero-order chi connectivity index (χ0) is 17.2. The fourth-order valence-corrected chi connectivity index (χ4v) is 2.99. The molecular weight excluding hydrogens is 316 g/mol. The summed E-state index contributed by atoms with van der Waals surface area (Å²) in [5.41, 5.74) is 2.62. The van der Waals surface area contributed by atoms with Crippen LogP contribution in [0.5, 0.6) is 0 Å². The molecule has 2 N–H and O–H groups in total. The van der Waals surface area contributed by atoms with E-state index in [1.54, 1.807) is 11.3 Å². The lowest BCUT2D eigenvalue weighted by molar-refractivity contribution is 0.744. The molecule has 0 spiro atoms. The maximum absolute atomic E-state index is 4.63. The Morgan fingerprint density at radius 3 is 2.54 bits per heavy atom.